The van der Waals surface area contributed by atoms with E-state index < -0.39 is 5.82 Å². The number of thiazole rings is 1. The second kappa shape index (κ2) is 5.73. The topological polar surface area (TPSA) is 39.2 Å². The molecule has 3 nitrogen and oxygen atoms in total. The third kappa shape index (κ3) is 2.80. The SMILES string of the molecule is CCOC(=O)C1CCc2sc(-c3cc(F)cc(Cl)c3)nc21. The van der Waals surface area contributed by atoms with E-state index in [0.717, 1.165) is 23.4 Å². The lowest BCUT2D eigenvalue weighted by atomic mass is 10.1. The molecule has 110 valence electrons. The van der Waals surface area contributed by atoms with Crippen molar-refractivity contribution in [2.24, 2.45) is 0 Å². The van der Waals surface area contributed by atoms with Crippen LogP contribution < -0.4 is 0 Å². The number of ether oxygens (including phenoxy) is 1. The Hall–Kier alpha value is -1.46. The van der Waals surface area contributed by atoms with Gasteiger partial charge in [-0.2, -0.15) is 0 Å². The van der Waals surface area contributed by atoms with Gasteiger partial charge in [0.25, 0.3) is 0 Å². The Bertz CT molecular complexity index is 681. The molecule has 1 aliphatic carbocycles. The Labute approximate surface area is 130 Å². The van der Waals surface area contributed by atoms with E-state index in [1.807, 2.05) is 0 Å². The maximum Gasteiger partial charge on any atom is 0.315 e. The summed E-state index contributed by atoms with van der Waals surface area (Å²) in [7, 11) is 0. The average Bonchev–Trinajstić information content (AvgIpc) is 2.96. The van der Waals surface area contributed by atoms with Crippen molar-refractivity contribution in [3.8, 4) is 10.6 Å². The average molecular weight is 326 g/mol. The molecule has 0 N–H and O–H groups in total. The van der Waals surface area contributed by atoms with Gasteiger partial charge in [0, 0.05) is 15.5 Å². The number of carbonyl (C=O) groups is 1. The molecule has 0 radical (unpaired) electrons. The Balaban J connectivity index is 1.94. The van der Waals surface area contributed by atoms with Crippen LogP contribution in [0.2, 0.25) is 5.02 Å². The summed E-state index contributed by atoms with van der Waals surface area (Å²) in [5.74, 6) is -0.922. The zero-order valence-electron chi connectivity index (χ0n) is 11.4. The number of benzene rings is 1. The number of nitrogens with zero attached hydrogens (tertiary/aromatic N) is 1. The monoisotopic (exact) mass is 325 g/mol. The summed E-state index contributed by atoms with van der Waals surface area (Å²) < 4.78 is 18.5. The maximum absolute atomic E-state index is 13.4. The summed E-state index contributed by atoms with van der Waals surface area (Å²) in [6.45, 7) is 2.15. The van der Waals surface area contributed by atoms with Crippen molar-refractivity contribution in [3.63, 3.8) is 0 Å². The first-order valence-corrected chi connectivity index (χ1v) is 7.90. The normalized spacial score (nSPS) is 16.8. The quantitative estimate of drug-likeness (QED) is 0.794. The predicted molar refractivity (Wildman–Crippen MR) is 80.2 cm³/mol. The molecule has 1 atom stereocenters. The van der Waals surface area contributed by atoms with Gasteiger partial charge in [0.05, 0.1) is 12.3 Å². The fourth-order valence-corrected chi connectivity index (χ4v) is 3.85. The number of esters is 1. The molecule has 1 aromatic carbocycles. The van der Waals surface area contributed by atoms with E-state index in [0.29, 0.717) is 22.2 Å². The fourth-order valence-electron chi connectivity index (χ4n) is 2.50. The lowest BCUT2D eigenvalue weighted by Gasteiger charge is -2.07. The van der Waals surface area contributed by atoms with Gasteiger partial charge in [-0.25, -0.2) is 9.37 Å². The van der Waals surface area contributed by atoms with Crippen LogP contribution in [0.5, 0.6) is 0 Å². The van der Waals surface area contributed by atoms with E-state index in [2.05, 4.69) is 4.98 Å². The number of fused-ring (bicyclic) bond motifs is 1. The zero-order chi connectivity index (χ0) is 15.0. The summed E-state index contributed by atoms with van der Waals surface area (Å²) in [4.78, 5) is 17.5. The van der Waals surface area contributed by atoms with Crippen LogP contribution in [0.1, 0.15) is 29.8 Å². The molecule has 6 heteroatoms. The van der Waals surface area contributed by atoms with Gasteiger partial charge in [-0.1, -0.05) is 11.6 Å². The smallest absolute Gasteiger partial charge is 0.315 e. The van der Waals surface area contributed by atoms with Crippen LogP contribution in [0, 0.1) is 5.82 Å². The van der Waals surface area contributed by atoms with Crippen LogP contribution in [0.25, 0.3) is 10.6 Å². The summed E-state index contributed by atoms with van der Waals surface area (Å²) >= 11 is 7.37. The molecule has 0 saturated carbocycles. The highest BCUT2D eigenvalue weighted by Crippen LogP contribution is 2.40. The minimum atomic E-state index is -0.394. The largest absolute Gasteiger partial charge is 0.465 e. The molecule has 2 aromatic rings. The highest BCUT2D eigenvalue weighted by Gasteiger charge is 2.33. The standard InChI is InChI=1S/C15H13ClFNO2S/c1-2-20-15(19)11-3-4-12-13(11)18-14(21-12)8-5-9(16)7-10(17)6-8/h5-7,11H,2-4H2,1H3. The highest BCUT2D eigenvalue weighted by molar-refractivity contribution is 7.15. The van der Waals surface area contributed by atoms with Crippen LogP contribution in [0.3, 0.4) is 0 Å². The Morgan fingerprint density at radius 1 is 1.52 bits per heavy atom. The van der Waals surface area contributed by atoms with E-state index in [4.69, 9.17) is 16.3 Å². The van der Waals surface area contributed by atoms with Gasteiger partial charge >= 0.3 is 5.97 Å². The highest BCUT2D eigenvalue weighted by atomic mass is 35.5. The van der Waals surface area contributed by atoms with Crippen LogP contribution in [-0.2, 0) is 16.0 Å². The van der Waals surface area contributed by atoms with E-state index in [9.17, 15) is 9.18 Å². The minimum absolute atomic E-state index is 0.231. The second-order valence-corrected chi connectivity index (χ2v) is 6.35. The minimum Gasteiger partial charge on any atom is -0.465 e. The molecule has 0 fully saturated rings. The number of rotatable bonds is 3. The van der Waals surface area contributed by atoms with Crippen LogP contribution in [0.15, 0.2) is 18.2 Å². The van der Waals surface area contributed by atoms with Crippen LogP contribution in [-0.4, -0.2) is 17.6 Å². The van der Waals surface area contributed by atoms with Gasteiger partial charge in [-0.15, -0.1) is 11.3 Å². The molecule has 1 heterocycles. The first-order chi connectivity index (χ1) is 10.1. The molecule has 0 saturated heterocycles. The van der Waals surface area contributed by atoms with Crippen molar-refractivity contribution >= 4 is 28.9 Å². The third-order valence-electron chi connectivity index (χ3n) is 3.40. The molecular formula is C15H13ClFNO2S. The number of aromatic nitrogens is 1. The Kier molecular flexibility index (Phi) is 3.95. The molecule has 0 spiro atoms. The Morgan fingerprint density at radius 3 is 3.05 bits per heavy atom. The summed E-state index contributed by atoms with van der Waals surface area (Å²) in [5.41, 5.74) is 1.41. The van der Waals surface area contributed by atoms with Gasteiger partial charge in [-0.3, -0.25) is 4.79 Å². The molecule has 21 heavy (non-hydrogen) atoms. The van der Waals surface area contributed by atoms with E-state index in [-0.39, 0.29) is 11.9 Å². The van der Waals surface area contributed by atoms with Crippen molar-refractivity contribution < 1.29 is 13.9 Å². The number of halogens is 2. The van der Waals surface area contributed by atoms with E-state index >= 15 is 0 Å². The third-order valence-corrected chi connectivity index (χ3v) is 4.80. The maximum atomic E-state index is 13.4. The van der Waals surface area contributed by atoms with Crippen molar-refractivity contribution in [1.29, 1.82) is 0 Å². The molecule has 0 aliphatic heterocycles. The number of hydrogen-bond acceptors (Lipinski definition) is 4. The molecule has 3 rings (SSSR count). The fraction of sp³-hybridized carbons (Fsp3) is 0.333. The lowest BCUT2D eigenvalue weighted by Crippen LogP contribution is -2.14. The first-order valence-electron chi connectivity index (χ1n) is 6.71. The summed E-state index contributed by atoms with van der Waals surface area (Å²) in [6.07, 6.45) is 1.54. The first kappa shape index (κ1) is 14.5. The predicted octanol–water partition coefficient (Wildman–Crippen LogP) is 4.20. The van der Waals surface area contributed by atoms with E-state index in [1.54, 1.807) is 13.0 Å². The second-order valence-electron chi connectivity index (χ2n) is 4.83. The molecule has 0 amide bonds. The molecular weight excluding hydrogens is 313 g/mol. The number of aryl methyl sites for hydroxylation is 1. The molecule has 1 unspecified atom stereocenters. The molecule has 0 bridgehead atoms. The van der Waals surface area contributed by atoms with Gasteiger partial charge in [-0.05, 0) is 38.0 Å². The van der Waals surface area contributed by atoms with Gasteiger partial charge in [0.15, 0.2) is 0 Å². The van der Waals surface area contributed by atoms with E-state index in [1.165, 1.54) is 23.5 Å². The number of hydrogen-bond donors (Lipinski definition) is 0. The Morgan fingerprint density at radius 2 is 2.33 bits per heavy atom. The van der Waals surface area contributed by atoms with Gasteiger partial charge in [0.1, 0.15) is 16.7 Å². The van der Waals surface area contributed by atoms with Gasteiger partial charge < -0.3 is 4.74 Å². The number of carbonyl (C=O) groups excluding carboxylic acids is 1. The van der Waals surface area contributed by atoms with Crippen LogP contribution in [0.4, 0.5) is 4.39 Å². The van der Waals surface area contributed by atoms with Crippen molar-refractivity contribution in [1.82, 2.24) is 4.98 Å². The molecule has 1 aromatic heterocycles. The van der Waals surface area contributed by atoms with Crippen molar-refractivity contribution in [2.75, 3.05) is 6.61 Å². The van der Waals surface area contributed by atoms with Gasteiger partial charge in [0.2, 0.25) is 0 Å². The lowest BCUT2D eigenvalue weighted by molar-refractivity contribution is -0.145. The van der Waals surface area contributed by atoms with Crippen LogP contribution >= 0.6 is 22.9 Å². The summed E-state index contributed by atoms with van der Waals surface area (Å²) in [5, 5.41) is 1.03. The zero-order valence-corrected chi connectivity index (χ0v) is 12.9. The summed E-state index contributed by atoms with van der Waals surface area (Å²) in [6, 6.07) is 4.34. The van der Waals surface area contributed by atoms with Crippen molar-refractivity contribution in [3.05, 3.63) is 39.6 Å². The molecule has 1 aliphatic rings. The van der Waals surface area contributed by atoms with Crippen molar-refractivity contribution in [2.45, 2.75) is 25.7 Å².